The van der Waals surface area contributed by atoms with Gasteiger partial charge in [0.25, 0.3) is 0 Å². The molecule has 0 heterocycles. The second-order valence-electron chi connectivity index (χ2n) is 1.70. The first-order valence-electron chi connectivity index (χ1n) is 2.82. The molecule has 0 spiro atoms. The molecule has 0 atom stereocenters. The molecule has 0 aliphatic rings. The van der Waals surface area contributed by atoms with Gasteiger partial charge in [-0.05, 0) is 6.92 Å². The van der Waals surface area contributed by atoms with Gasteiger partial charge >= 0.3 is 11.9 Å². The van der Waals surface area contributed by atoms with E-state index in [4.69, 9.17) is 10.4 Å². The molecule has 5 nitrogen and oxygen atoms in total. The monoisotopic (exact) mass is 174 g/mol. The van der Waals surface area contributed by atoms with Gasteiger partial charge in [0, 0.05) is 11.6 Å². The van der Waals surface area contributed by atoms with Gasteiger partial charge in [-0.15, -0.1) is 0 Å². The highest BCUT2D eigenvalue weighted by Gasteiger charge is 1.90. The van der Waals surface area contributed by atoms with Gasteiger partial charge in [0.2, 0.25) is 0 Å². The first-order valence-corrected chi connectivity index (χ1v) is 2.82. The van der Waals surface area contributed by atoms with Crippen LogP contribution in [-0.2, 0) is 14.5 Å². The Morgan fingerprint density at radius 3 is 1.83 bits per heavy atom. The Labute approximate surface area is 69.5 Å². The van der Waals surface area contributed by atoms with E-state index < -0.39 is 11.9 Å². The lowest BCUT2D eigenvalue weighted by atomic mass is 10.4. The lowest BCUT2D eigenvalue weighted by Crippen LogP contribution is -1.92. The van der Waals surface area contributed by atoms with Gasteiger partial charge in [0.05, 0.1) is 0 Å². The zero-order chi connectivity index (χ0) is 10.1. The Balaban J connectivity index is 0. The van der Waals surface area contributed by atoms with Crippen molar-refractivity contribution in [2.45, 2.75) is 6.92 Å². The van der Waals surface area contributed by atoms with Crippen molar-refractivity contribution in [1.29, 1.82) is 0 Å². The molecule has 0 rings (SSSR count). The molecule has 0 aromatic heterocycles. The molecule has 5 heteroatoms. The van der Waals surface area contributed by atoms with Crippen LogP contribution in [0.3, 0.4) is 0 Å². The summed E-state index contributed by atoms with van der Waals surface area (Å²) < 4.78 is 0. The molecule has 68 valence electrons. The van der Waals surface area contributed by atoms with Gasteiger partial charge in [-0.25, -0.2) is 9.59 Å². The molecule has 0 aliphatic carbocycles. The van der Waals surface area contributed by atoms with E-state index in [0.717, 1.165) is 6.08 Å². The molecule has 0 saturated carbocycles. The van der Waals surface area contributed by atoms with Crippen LogP contribution >= 0.6 is 0 Å². The number of carboxylic acid groups (broad SMARTS) is 1. The molecule has 0 unspecified atom stereocenters. The van der Waals surface area contributed by atoms with Crippen LogP contribution in [0.25, 0.3) is 0 Å². The van der Waals surface area contributed by atoms with E-state index in [2.05, 4.69) is 18.0 Å². The SMILES string of the molecule is C=C(C)C(=O)O.C=CC(=O)OO. The molecular weight excluding hydrogens is 164 g/mol. The summed E-state index contributed by atoms with van der Waals surface area (Å²) in [4.78, 5) is 22.3. The van der Waals surface area contributed by atoms with Crippen LogP contribution < -0.4 is 0 Å². The summed E-state index contributed by atoms with van der Waals surface area (Å²) in [7, 11) is 0. The van der Waals surface area contributed by atoms with Gasteiger partial charge < -0.3 is 5.11 Å². The standard InChI is InChI=1S/C4H6O2.C3H4O3/c1-3(2)4(5)6;1-2-3(4)6-5/h1H2,2H3,(H,5,6);2,5H,1H2. The smallest absolute Gasteiger partial charge is 0.365 e. The molecule has 0 aromatic carbocycles. The molecule has 0 saturated heterocycles. The van der Waals surface area contributed by atoms with E-state index in [1.807, 2.05) is 0 Å². The van der Waals surface area contributed by atoms with Crippen LogP contribution in [0.2, 0.25) is 0 Å². The number of carbonyl (C=O) groups excluding carboxylic acids is 1. The van der Waals surface area contributed by atoms with Crippen LogP contribution in [-0.4, -0.2) is 22.3 Å². The number of hydrogen-bond acceptors (Lipinski definition) is 4. The Morgan fingerprint density at radius 1 is 1.50 bits per heavy atom. The molecule has 0 aliphatic heterocycles. The van der Waals surface area contributed by atoms with Crippen molar-refractivity contribution in [2.75, 3.05) is 0 Å². The van der Waals surface area contributed by atoms with E-state index in [0.29, 0.717) is 0 Å². The van der Waals surface area contributed by atoms with E-state index in [1.54, 1.807) is 0 Å². The minimum absolute atomic E-state index is 0.176. The maximum atomic E-state index is 9.60. The minimum Gasteiger partial charge on any atom is -0.478 e. The topological polar surface area (TPSA) is 83.8 Å². The van der Waals surface area contributed by atoms with Crippen LogP contribution in [0.1, 0.15) is 6.92 Å². The number of rotatable bonds is 2. The fourth-order valence-electron chi connectivity index (χ4n) is 0.0373. The summed E-state index contributed by atoms with van der Waals surface area (Å²) in [5, 5.41) is 15.3. The highest BCUT2D eigenvalue weighted by Crippen LogP contribution is 1.81. The first kappa shape index (κ1) is 13.0. The molecule has 0 bridgehead atoms. The summed E-state index contributed by atoms with van der Waals surface area (Å²) >= 11 is 0. The van der Waals surface area contributed by atoms with Crippen LogP contribution in [0.15, 0.2) is 24.8 Å². The maximum Gasteiger partial charge on any atom is 0.365 e. The second-order valence-corrected chi connectivity index (χ2v) is 1.70. The highest BCUT2D eigenvalue weighted by molar-refractivity contribution is 5.84. The van der Waals surface area contributed by atoms with Crippen molar-refractivity contribution >= 4 is 11.9 Å². The zero-order valence-corrected chi connectivity index (χ0v) is 6.61. The van der Waals surface area contributed by atoms with Crippen LogP contribution in [0, 0.1) is 0 Å². The highest BCUT2D eigenvalue weighted by atomic mass is 17.1. The molecule has 2 N–H and O–H groups in total. The number of hydrogen-bond donors (Lipinski definition) is 2. The largest absolute Gasteiger partial charge is 0.478 e. The quantitative estimate of drug-likeness (QED) is 0.368. The van der Waals surface area contributed by atoms with Crippen LogP contribution in [0.5, 0.6) is 0 Å². The summed E-state index contributed by atoms with van der Waals surface area (Å²) in [6.07, 6.45) is 0.861. The van der Waals surface area contributed by atoms with Gasteiger partial charge in [0.1, 0.15) is 0 Å². The van der Waals surface area contributed by atoms with Crippen LogP contribution in [0.4, 0.5) is 0 Å². The normalized spacial score (nSPS) is 7.17. The molecule has 0 radical (unpaired) electrons. The van der Waals surface area contributed by atoms with Crippen molar-refractivity contribution in [3.8, 4) is 0 Å². The van der Waals surface area contributed by atoms with Gasteiger partial charge in [-0.1, -0.05) is 13.2 Å². The molecule has 12 heavy (non-hydrogen) atoms. The number of carboxylic acids is 1. The zero-order valence-electron chi connectivity index (χ0n) is 6.61. The summed E-state index contributed by atoms with van der Waals surface area (Å²) in [6, 6.07) is 0. The second kappa shape index (κ2) is 7.49. The fraction of sp³-hybridized carbons (Fsp3) is 0.143. The van der Waals surface area contributed by atoms with Crippen molar-refractivity contribution in [2.24, 2.45) is 0 Å². The average molecular weight is 174 g/mol. The Morgan fingerprint density at radius 2 is 1.83 bits per heavy atom. The van der Waals surface area contributed by atoms with Gasteiger partial charge in [-0.3, -0.25) is 4.89 Å². The van der Waals surface area contributed by atoms with Gasteiger partial charge in [0.15, 0.2) is 0 Å². The van der Waals surface area contributed by atoms with E-state index >= 15 is 0 Å². The van der Waals surface area contributed by atoms with Crippen molar-refractivity contribution in [1.82, 2.24) is 0 Å². The third-order valence-electron chi connectivity index (χ3n) is 0.622. The number of carbonyl (C=O) groups is 2. The molecule has 0 amide bonds. The van der Waals surface area contributed by atoms with E-state index in [1.165, 1.54) is 6.92 Å². The Kier molecular flexibility index (Phi) is 8.11. The average Bonchev–Trinajstić information content (AvgIpc) is 2.04. The fourth-order valence-corrected chi connectivity index (χ4v) is 0.0373. The van der Waals surface area contributed by atoms with Crippen molar-refractivity contribution in [3.05, 3.63) is 24.8 Å². The summed E-state index contributed by atoms with van der Waals surface area (Å²) in [6.45, 7) is 7.60. The lowest BCUT2D eigenvalue weighted by molar-refractivity contribution is -0.228. The molecule has 0 fully saturated rings. The molecule has 0 aromatic rings. The summed E-state index contributed by atoms with van der Waals surface area (Å²) in [5.74, 6) is -1.77. The van der Waals surface area contributed by atoms with E-state index in [9.17, 15) is 9.59 Å². The van der Waals surface area contributed by atoms with E-state index in [-0.39, 0.29) is 5.57 Å². The third-order valence-corrected chi connectivity index (χ3v) is 0.622. The third kappa shape index (κ3) is 11.2. The Hall–Kier alpha value is -1.62. The van der Waals surface area contributed by atoms with Crippen molar-refractivity contribution in [3.63, 3.8) is 0 Å². The van der Waals surface area contributed by atoms with Crippen molar-refractivity contribution < 1.29 is 24.8 Å². The predicted octanol–water partition coefficient (Wildman–Crippen LogP) is 0.836. The maximum absolute atomic E-state index is 9.60. The first-order chi connectivity index (χ1) is 5.45. The molecular formula is C7H10O5. The Bertz CT molecular complexity index is 179. The summed E-state index contributed by atoms with van der Waals surface area (Å²) in [5.41, 5.74) is 0.176. The number of aliphatic carboxylic acids is 1. The lowest BCUT2D eigenvalue weighted by Gasteiger charge is -1.79. The predicted molar refractivity (Wildman–Crippen MR) is 41.4 cm³/mol. The minimum atomic E-state index is -0.935. The van der Waals surface area contributed by atoms with Gasteiger partial charge in [-0.2, -0.15) is 5.26 Å².